The van der Waals surface area contributed by atoms with Gasteiger partial charge in [-0.2, -0.15) is 9.97 Å². The van der Waals surface area contributed by atoms with Gasteiger partial charge in [0.25, 0.3) is 0 Å². The molecule has 6 rings (SSSR count). The summed E-state index contributed by atoms with van der Waals surface area (Å²) in [5, 5.41) is 29.5. The number of aromatic nitrogens is 4. The van der Waals surface area contributed by atoms with Crippen LogP contribution in [0.1, 0.15) is 54.2 Å². The van der Waals surface area contributed by atoms with Gasteiger partial charge in [0.1, 0.15) is 11.5 Å². The number of hydrogen-bond acceptors (Lipinski definition) is 13. The fourth-order valence-corrected chi connectivity index (χ4v) is 5.68. The highest BCUT2D eigenvalue weighted by Crippen LogP contribution is 2.34. The molecule has 0 spiro atoms. The van der Waals surface area contributed by atoms with Gasteiger partial charge < -0.3 is 38.7 Å². The summed E-state index contributed by atoms with van der Waals surface area (Å²) >= 11 is 11.6. The van der Waals surface area contributed by atoms with Crippen LogP contribution in [0.3, 0.4) is 0 Å². The summed E-state index contributed by atoms with van der Waals surface area (Å²) in [5.41, 5.74) is 4.07. The van der Waals surface area contributed by atoms with Crippen LogP contribution in [0.4, 0.5) is 0 Å². The lowest BCUT2D eigenvalue weighted by Gasteiger charge is -2.14. The first-order valence-electron chi connectivity index (χ1n) is 14.6. The molecular weight excluding hydrogens is 669 g/mol. The van der Waals surface area contributed by atoms with E-state index in [-0.39, 0.29) is 40.9 Å². The summed E-state index contributed by atoms with van der Waals surface area (Å²) in [5.74, 6) is -0.0233. The Labute approximate surface area is 285 Å². The molecule has 2 aromatic carbocycles. The van der Waals surface area contributed by atoms with E-state index in [2.05, 4.69) is 19.9 Å². The number of ether oxygens (including phenoxy) is 3. The first-order chi connectivity index (χ1) is 22.9. The SMILES string of the molecule is CCOC(=O)CC1OB(O)c2cc(Oc3cncc(Cl)n3)cc(C)c21.Cc1cc(Oc2cncc(Cl)n2)cc2c1C(CC(=O)O)OB2O. The Balaban J connectivity index is 0.000000188. The molecular formula is C30H28B2Cl2N4O10. The van der Waals surface area contributed by atoms with Crippen molar-refractivity contribution in [3.8, 4) is 23.3 Å². The molecule has 248 valence electrons. The lowest BCUT2D eigenvalue weighted by Crippen LogP contribution is -2.28. The van der Waals surface area contributed by atoms with Gasteiger partial charge in [-0.05, 0) is 78.2 Å². The average Bonchev–Trinajstić information content (AvgIpc) is 3.48. The lowest BCUT2D eigenvalue weighted by atomic mass is 9.77. The van der Waals surface area contributed by atoms with Gasteiger partial charge in [-0.1, -0.05) is 23.2 Å². The zero-order chi connectivity index (χ0) is 34.5. The van der Waals surface area contributed by atoms with Crippen LogP contribution in [0.15, 0.2) is 49.1 Å². The van der Waals surface area contributed by atoms with Gasteiger partial charge in [0.2, 0.25) is 11.8 Å². The molecule has 0 saturated carbocycles. The van der Waals surface area contributed by atoms with Gasteiger partial charge in [0.05, 0.1) is 56.4 Å². The van der Waals surface area contributed by atoms with Crippen molar-refractivity contribution in [2.24, 2.45) is 0 Å². The molecule has 14 nitrogen and oxygen atoms in total. The molecule has 2 unspecified atom stereocenters. The predicted octanol–water partition coefficient (Wildman–Crippen LogP) is 3.41. The number of rotatable bonds is 9. The molecule has 0 fully saturated rings. The summed E-state index contributed by atoms with van der Waals surface area (Å²) in [6.45, 7) is 5.69. The van der Waals surface area contributed by atoms with E-state index in [0.717, 1.165) is 16.7 Å². The van der Waals surface area contributed by atoms with Crippen LogP contribution in [-0.4, -0.2) is 67.9 Å². The fourth-order valence-electron chi connectivity index (χ4n) is 5.40. The van der Waals surface area contributed by atoms with Crippen LogP contribution in [0.25, 0.3) is 0 Å². The van der Waals surface area contributed by atoms with Gasteiger partial charge in [-0.3, -0.25) is 19.6 Å². The molecule has 2 aromatic heterocycles. The average molecular weight is 697 g/mol. The maximum atomic E-state index is 11.7. The van der Waals surface area contributed by atoms with Crippen molar-refractivity contribution in [2.75, 3.05) is 6.61 Å². The number of halogens is 2. The van der Waals surface area contributed by atoms with Crippen molar-refractivity contribution in [1.82, 2.24) is 19.9 Å². The third kappa shape index (κ3) is 8.39. The second-order valence-electron chi connectivity index (χ2n) is 10.6. The van der Waals surface area contributed by atoms with Crippen LogP contribution in [-0.2, 0) is 23.6 Å². The zero-order valence-corrected chi connectivity index (χ0v) is 27.3. The molecule has 0 radical (unpaired) electrons. The van der Waals surface area contributed by atoms with Gasteiger partial charge in [-0.25, -0.2) is 0 Å². The van der Waals surface area contributed by atoms with Gasteiger partial charge >= 0.3 is 26.2 Å². The number of fused-ring (bicyclic) bond motifs is 2. The molecule has 0 amide bonds. The molecule has 0 bridgehead atoms. The topological polar surface area (TPSA) is 193 Å². The van der Waals surface area contributed by atoms with Gasteiger partial charge in [0.15, 0.2) is 10.3 Å². The number of nitrogens with zero attached hydrogens (tertiary/aromatic N) is 4. The molecule has 4 heterocycles. The minimum Gasteiger partial charge on any atom is -0.481 e. The number of aliphatic carboxylic acids is 1. The third-order valence-electron chi connectivity index (χ3n) is 7.18. The quantitative estimate of drug-likeness (QED) is 0.170. The van der Waals surface area contributed by atoms with Crippen LogP contribution >= 0.6 is 23.2 Å². The summed E-state index contributed by atoms with van der Waals surface area (Å²) < 4.78 is 27.0. The summed E-state index contributed by atoms with van der Waals surface area (Å²) in [7, 11) is -2.33. The number of esters is 1. The fraction of sp³-hybridized carbons (Fsp3) is 0.267. The summed E-state index contributed by atoms with van der Waals surface area (Å²) in [6.07, 6.45) is 4.22. The number of benzene rings is 2. The zero-order valence-electron chi connectivity index (χ0n) is 25.8. The van der Waals surface area contributed by atoms with Crippen LogP contribution in [0, 0.1) is 13.8 Å². The third-order valence-corrected chi connectivity index (χ3v) is 7.54. The number of carbonyl (C=O) groups is 2. The number of carboxylic acids is 1. The smallest absolute Gasteiger partial charge is 0.481 e. The molecule has 2 aliphatic heterocycles. The Hall–Kier alpha value is -4.31. The Kier molecular flexibility index (Phi) is 11.1. The Bertz CT molecular complexity index is 1840. The van der Waals surface area contributed by atoms with Crippen molar-refractivity contribution in [2.45, 2.75) is 45.8 Å². The van der Waals surface area contributed by atoms with Crippen molar-refractivity contribution in [3.05, 3.63) is 81.6 Å². The molecule has 4 aromatic rings. The Morgan fingerprint density at radius 3 is 1.67 bits per heavy atom. The van der Waals surface area contributed by atoms with E-state index in [1.54, 1.807) is 38.1 Å². The number of hydrogen-bond donors (Lipinski definition) is 3. The first kappa shape index (κ1) is 35.0. The first-order valence-corrected chi connectivity index (χ1v) is 15.3. The van der Waals surface area contributed by atoms with Crippen molar-refractivity contribution in [3.63, 3.8) is 0 Å². The summed E-state index contributed by atoms with van der Waals surface area (Å²) in [4.78, 5) is 38.4. The Morgan fingerprint density at radius 2 is 1.25 bits per heavy atom. The minimum atomic E-state index is -1.19. The van der Waals surface area contributed by atoms with Crippen molar-refractivity contribution >= 4 is 60.3 Å². The van der Waals surface area contributed by atoms with E-state index < -0.39 is 32.4 Å². The standard InChI is InChI=1S/C16H16BClN2O5.C14H12BClN2O5/c1-3-23-15(21)6-12-16-9(2)4-10(5-11(16)17(22)25-12)24-14-8-19-7-13(18)20-14;1-7-2-8(22-12-6-17-5-11(16)18-12)3-9-14(7)10(4-13(19)20)23-15(9)21/h4-5,7-8,12,22H,3,6H2,1-2H3;2-3,5-6,10,21H,4H2,1H3,(H,19,20). The predicted molar refractivity (Wildman–Crippen MR) is 173 cm³/mol. The van der Waals surface area contributed by atoms with Gasteiger partial charge in [-0.15, -0.1) is 0 Å². The monoisotopic (exact) mass is 696 g/mol. The second-order valence-corrected chi connectivity index (χ2v) is 11.4. The molecule has 0 aliphatic carbocycles. The highest BCUT2D eigenvalue weighted by atomic mass is 35.5. The second kappa shape index (κ2) is 15.3. The number of carbonyl (C=O) groups excluding carboxylic acids is 1. The van der Waals surface area contributed by atoms with Gasteiger partial charge in [0, 0.05) is 0 Å². The largest absolute Gasteiger partial charge is 0.492 e. The van der Waals surface area contributed by atoms with Crippen LogP contribution in [0.2, 0.25) is 10.3 Å². The maximum absolute atomic E-state index is 11.7. The van der Waals surface area contributed by atoms with E-state index >= 15 is 0 Å². The van der Waals surface area contributed by atoms with E-state index in [9.17, 15) is 19.6 Å². The van der Waals surface area contributed by atoms with E-state index in [1.807, 2.05) is 6.92 Å². The highest BCUT2D eigenvalue weighted by molar-refractivity contribution is 6.62. The van der Waals surface area contributed by atoms with E-state index in [0.29, 0.717) is 34.6 Å². The van der Waals surface area contributed by atoms with Crippen LogP contribution < -0.4 is 20.4 Å². The molecule has 18 heteroatoms. The normalized spacial score (nSPS) is 16.1. The number of carboxylic acid groups (broad SMARTS) is 1. The molecule has 0 saturated heterocycles. The molecule has 2 aliphatic rings. The molecule has 48 heavy (non-hydrogen) atoms. The molecule has 3 N–H and O–H groups in total. The van der Waals surface area contributed by atoms with Crippen molar-refractivity contribution in [1.29, 1.82) is 0 Å². The van der Waals surface area contributed by atoms with E-state index in [4.69, 9.17) is 51.8 Å². The highest BCUT2D eigenvalue weighted by Gasteiger charge is 2.39. The molecule has 2 atom stereocenters. The number of aryl methyl sites for hydroxylation is 2. The summed E-state index contributed by atoms with van der Waals surface area (Å²) in [6, 6.07) is 6.75. The van der Waals surface area contributed by atoms with Crippen LogP contribution in [0.5, 0.6) is 23.3 Å². The minimum absolute atomic E-state index is 0.0404. The van der Waals surface area contributed by atoms with Crippen molar-refractivity contribution < 1.29 is 48.3 Å². The van der Waals surface area contributed by atoms with E-state index in [1.165, 1.54) is 24.8 Å². The maximum Gasteiger partial charge on any atom is 0.492 e. The lowest BCUT2D eigenvalue weighted by molar-refractivity contribution is -0.145. The Morgan fingerprint density at radius 1 is 0.792 bits per heavy atom.